The molecule has 0 heterocycles. The topological polar surface area (TPSA) is 49.3 Å². The van der Waals surface area contributed by atoms with Gasteiger partial charge in [-0.1, -0.05) is 33.6 Å². The first-order valence-corrected chi connectivity index (χ1v) is 5.76. The zero-order valence-electron chi connectivity index (χ0n) is 10.3. The first kappa shape index (κ1) is 12.5. The van der Waals surface area contributed by atoms with Gasteiger partial charge in [0.15, 0.2) is 0 Å². The van der Waals surface area contributed by atoms with E-state index >= 15 is 0 Å². The van der Waals surface area contributed by atoms with Crippen molar-refractivity contribution in [3.63, 3.8) is 0 Å². The highest BCUT2D eigenvalue weighted by molar-refractivity contribution is 5.79. The third kappa shape index (κ3) is 2.94. The maximum absolute atomic E-state index is 11.3. The molecule has 0 aromatic carbocycles. The van der Waals surface area contributed by atoms with Crippen LogP contribution in [0.2, 0.25) is 0 Å². The molecule has 0 radical (unpaired) electrons. The van der Waals surface area contributed by atoms with Crippen molar-refractivity contribution in [1.82, 2.24) is 5.32 Å². The van der Waals surface area contributed by atoms with Gasteiger partial charge in [0.25, 0.3) is 0 Å². The Hall–Kier alpha value is -0.570. The summed E-state index contributed by atoms with van der Waals surface area (Å²) in [5.74, 6) is 0.0845. The Morgan fingerprint density at radius 1 is 1.33 bits per heavy atom. The van der Waals surface area contributed by atoms with Crippen LogP contribution in [-0.4, -0.2) is 23.2 Å². The van der Waals surface area contributed by atoms with E-state index in [9.17, 15) is 9.90 Å². The zero-order valence-corrected chi connectivity index (χ0v) is 10.3. The van der Waals surface area contributed by atoms with Crippen LogP contribution in [0, 0.1) is 11.3 Å². The lowest BCUT2D eigenvalue weighted by molar-refractivity contribution is -0.149. The standard InChI is InChI=1S/C12H23NO2/c1-11(2,3)12(4,10(14)15)13-8-7-9-5-6-9/h9,13H,5-8H2,1-4H3,(H,14,15). The Balaban J connectivity index is 2.51. The van der Waals surface area contributed by atoms with Gasteiger partial charge in [-0.2, -0.15) is 0 Å². The van der Waals surface area contributed by atoms with Crippen molar-refractivity contribution in [3.8, 4) is 0 Å². The van der Waals surface area contributed by atoms with E-state index in [2.05, 4.69) is 5.32 Å². The lowest BCUT2D eigenvalue weighted by Gasteiger charge is -2.39. The number of carboxylic acids is 1. The van der Waals surface area contributed by atoms with Crippen LogP contribution < -0.4 is 5.32 Å². The van der Waals surface area contributed by atoms with Crippen molar-refractivity contribution in [2.45, 2.75) is 52.5 Å². The molecule has 1 unspecified atom stereocenters. The van der Waals surface area contributed by atoms with Crippen molar-refractivity contribution >= 4 is 5.97 Å². The summed E-state index contributed by atoms with van der Waals surface area (Å²) >= 11 is 0. The lowest BCUT2D eigenvalue weighted by Crippen LogP contribution is -2.58. The second kappa shape index (κ2) is 4.12. The molecule has 3 nitrogen and oxygen atoms in total. The maximum atomic E-state index is 11.3. The van der Waals surface area contributed by atoms with Crippen molar-refractivity contribution in [1.29, 1.82) is 0 Å². The maximum Gasteiger partial charge on any atom is 0.324 e. The first-order chi connectivity index (χ1) is 6.77. The predicted molar refractivity (Wildman–Crippen MR) is 60.8 cm³/mol. The third-order valence-corrected chi connectivity index (χ3v) is 3.66. The number of carboxylic acid groups (broad SMARTS) is 1. The Morgan fingerprint density at radius 2 is 1.87 bits per heavy atom. The third-order valence-electron chi connectivity index (χ3n) is 3.66. The summed E-state index contributed by atoms with van der Waals surface area (Å²) in [6.07, 6.45) is 3.75. The van der Waals surface area contributed by atoms with Crippen LogP contribution in [-0.2, 0) is 4.79 Å². The molecule has 0 saturated heterocycles. The van der Waals surface area contributed by atoms with Gasteiger partial charge in [-0.3, -0.25) is 4.79 Å². The molecule has 88 valence electrons. The van der Waals surface area contributed by atoms with Gasteiger partial charge in [0.05, 0.1) is 0 Å². The molecule has 0 bridgehead atoms. The number of carbonyl (C=O) groups is 1. The fourth-order valence-electron chi connectivity index (χ4n) is 1.59. The molecule has 2 N–H and O–H groups in total. The molecule has 0 aromatic rings. The number of nitrogens with one attached hydrogen (secondary N) is 1. The predicted octanol–water partition coefficient (Wildman–Crippen LogP) is 2.27. The molecule has 1 aliphatic carbocycles. The van der Waals surface area contributed by atoms with Crippen LogP contribution in [0.1, 0.15) is 47.0 Å². The van der Waals surface area contributed by atoms with Crippen molar-refractivity contribution in [2.75, 3.05) is 6.54 Å². The van der Waals surface area contributed by atoms with E-state index in [1.54, 1.807) is 6.92 Å². The minimum absolute atomic E-state index is 0.275. The van der Waals surface area contributed by atoms with Crippen LogP contribution in [0.5, 0.6) is 0 Å². The van der Waals surface area contributed by atoms with E-state index < -0.39 is 11.5 Å². The molecule has 1 rings (SSSR count). The van der Waals surface area contributed by atoms with E-state index in [1.807, 2.05) is 20.8 Å². The second-order valence-corrected chi connectivity index (χ2v) is 5.84. The van der Waals surface area contributed by atoms with E-state index in [-0.39, 0.29) is 5.41 Å². The van der Waals surface area contributed by atoms with Crippen LogP contribution in [0.3, 0.4) is 0 Å². The van der Waals surface area contributed by atoms with E-state index in [0.29, 0.717) is 0 Å². The largest absolute Gasteiger partial charge is 0.480 e. The first-order valence-electron chi connectivity index (χ1n) is 5.76. The molecule has 1 aliphatic rings. The Bertz CT molecular complexity index is 240. The summed E-state index contributed by atoms with van der Waals surface area (Å²) in [4.78, 5) is 11.3. The number of hydrogen-bond acceptors (Lipinski definition) is 2. The highest BCUT2D eigenvalue weighted by atomic mass is 16.4. The van der Waals surface area contributed by atoms with E-state index in [1.165, 1.54) is 12.8 Å². The van der Waals surface area contributed by atoms with Gasteiger partial charge in [0.2, 0.25) is 0 Å². The summed E-state index contributed by atoms with van der Waals surface area (Å²) in [7, 11) is 0. The van der Waals surface area contributed by atoms with E-state index in [0.717, 1.165) is 18.9 Å². The summed E-state index contributed by atoms with van der Waals surface area (Å²) in [5, 5.41) is 12.5. The van der Waals surface area contributed by atoms with Gasteiger partial charge < -0.3 is 10.4 Å². The highest BCUT2D eigenvalue weighted by Gasteiger charge is 2.44. The molecule has 1 atom stereocenters. The Morgan fingerprint density at radius 3 is 2.20 bits per heavy atom. The average Bonchev–Trinajstić information content (AvgIpc) is 2.85. The summed E-state index contributed by atoms with van der Waals surface area (Å²) in [6.45, 7) is 8.48. The fourth-order valence-corrected chi connectivity index (χ4v) is 1.59. The summed E-state index contributed by atoms with van der Waals surface area (Å²) in [6, 6.07) is 0. The SMILES string of the molecule is CC(C)(C)C(C)(NCCC1CC1)C(=O)O. The lowest BCUT2D eigenvalue weighted by atomic mass is 9.75. The smallest absolute Gasteiger partial charge is 0.324 e. The molecule has 0 spiro atoms. The van der Waals surface area contributed by atoms with Gasteiger partial charge in [-0.15, -0.1) is 0 Å². The Labute approximate surface area is 92.3 Å². The molecule has 15 heavy (non-hydrogen) atoms. The normalized spacial score (nSPS) is 21.1. The molecule has 0 amide bonds. The van der Waals surface area contributed by atoms with Crippen molar-refractivity contribution < 1.29 is 9.90 Å². The number of aliphatic carboxylic acids is 1. The number of hydrogen-bond donors (Lipinski definition) is 2. The minimum Gasteiger partial charge on any atom is -0.480 e. The summed E-state index contributed by atoms with van der Waals surface area (Å²) < 4.78 is 0. The molecule has 3 heteroatoms. The molecule has 0 aliphatic heterocycles. The highest BCUT2D eigenvalue weighted by Crippen LogP contribution is 2.33. The van der Waals surface area contributed by atoms with Gasteiger partial charge >= 0.3 is 5.97 Å². The van der Waals surface area contributed by atoms with E-state index in [4.69, 9.17) is 0 Å². The van der Waals surface area contributed by atoms with Gasteiger partial charge in [0.1, 0.15) is 5.54 Å². The molecular weight excluding hydrogens is 190 g/mol. The molecule has 1 saturated carbocycles. The van der Waals surface area contributed by atoms with Crippen LogP contribution in [0.4, 0.5) is 0 Å². The van der Waals surface area contributed by atoms with Gasteiger partial charge in [-0.05, 0) is 31.2 Å². The zero-order chi connectivity index (χ0) is 11.7. The molecule has 0 aromatic heterocycles. The monoisotopic (exact) mass is 213 g/mol. The minimum atomic E-state index is -0.831. The Kier molecular flexibility index (Phi) is 3.44. The molecular formula is C12H23NO2. The summed E-state index contributed by atoms with van der Waals surface area (Å²) in [5.41, 5.74) is -1.11. The van der Waals surface area contributed by atoms with Crippen molar-refractivity contribution in [3.05, 3.63) is 0 Å². The number of rotatable bonds is 5. The average molecular weight is 213 g/mol. The quantitative estimate of drug-likeness (QED) is 0.736. The van der Waals surface area contributed by atoms with Crippen molar-refractivity contribution in [2.24, 2.45) is 11.3 Å². The van der Waals surface area contributed by atoms with Crippen LogP contribution in [0.25, 0.3) is 0 Å². The molecule has 1 fully saturated rings. The fraction of sp³-hybridized carbons (Fsp3) is 0.917. The van der Waals surface area contributed by atoms with Gasteiger partial charge in [-0.25, -0.2) is 0 Å². The second-order valence-electron chi connectivity index (χ2n) is 5.84. The van der Waals surface area contributed by atoms with Crippen LogP contribution >= 0.6 is 0 Å². The van der Waals surface area contributed by atoms with Gasteiger partial charge in [0, 0.05) is 0 Å². The van der Waals surface area contributed by atoms with Crippen LogP contribution in [0.15, 0.2) is 0 Å².